The normalized spacial score (nSPS) is 13.1. The van der Waals surface area contributed by atoms with E-state index in [2.05, 4.69) is 10.3 Å². The van der Waals surface area contributed by atoms with Gasteiger partial charge in [0.15, 0.2) is 0 Å². The highest BCUT2D eigenvalue weighted by atomic mass is 16.3. The minimum Gasteiger partial charge on any atom is -0.396 e. The first-order chi connectivity index (χ1) is 20.5. The van der Waals surface area contributed by atoms with E-state index in [4.69, 9.17) is 5.73 Å². The summed E-state index contributed by atoms with van der Waals surface area (Å²) in [5.41, 5.74) is 13.7. The van der Waals surface area contributed by atoms with Crippen molar-refractivity contribution in [3.05, 3.63) is 94.5 Å². The van der Waals surface area contributed by atoms with Crippen molar-refractivity contribution in [2.45, 2.75) is 40.7 Å². The molecular formula is C35H34N4O4. The Kier molecular flexibility index (Phi) is 6.81. The predicted octanol–water partition coefficient (Wildman–Crippen LogP) is 6.21. The van der Waals surface area contributed by atoms with Crippen LogP contribution in [-0.2, 0) is 11.3 Å². The number of rotatable bonds is 7. The number of benzene rings is 4. The first-order valence-electron chi connectivity index (χ1n) is 14.3. The maximum absolute atomic E-state index is 13.4. The molecule has 4 aromatic carbocycles. The number of carbonyl (C=O) groups excluding carboxylic acids is 3. The maximum atomic E-state index is 13.4. The third-order valence-electron chi connectivity index (χ3n) is 8.58. The predicted molar refractivity (Wildman–Crippen MR) is 170 cm³/mol. The van der Waals surface area contributed by atoms with Gasteiger partial charge in [-0.2, -0.15) is 0 Å². The van der Waals surface area contributed by atoms with Crippen molar-refractivity contribution in [1.82, 2.24) is 4.98 Å². The summed E-state index contributed by atoms with van der Waals surface area (Å²) in [7, 11) is 0. The fourth-order valence-electron chi connectivity index (χ4n) is 6.03. The number of H-pyrrole nitrogens is 1. The van der Waals surface area contributed by atoms with Crippen molar-refractivity contribution in [2.75, 3.05) is 16.8 Å². The van der Waals surface area contributed by atoms with Crippen molar-refractivity contribution < 1.29 is 19.5 Å². The summed E-state index contributed by atoms with van der Waals surface area (Å²) in [5.74, 6) is -0.766. The summed E-state index contributed by atoms with van der Waals surface area (Å²) in [6.07, 6.45) is 0.339. The fraction of sp³-hybridized carbons (Fsp3) is 0.229. The monoisotopic (exact) mass is 574 g/mol. The van der Waals surface area contributed by atoms with E-state index in [9.17, 15) is 19.5 Å². The second-order valence-corrected chi connectivity index (χ2v) is 12.0. The number of nitrogens with zero attached hydrogens (tertiary/aromatic N) is 1. The largest absolute Gasteiger partial charge is 0.396 e. The number of aromatic nitrogens is 1. The number of primary amides is 1. The molecule has 5 N–H and O–H groups in total. The van der Waals surface area contributed by atoms with Gasteiger partial charge in [-0.15, -0.1) is 0 Å². The molecule has 8 nitrogen and oxygen atoms in total. The number of hydrogen-bond donors (Lipinski definition) is 4. The maximum Gasteiger partial charge on any atom is 0.258 e. The Morgan fingerprint density at radius 2 is 1.79 bits per heavy atom. The van der Waals surface area contributed by atoms with Crippen molar-refractivity contribution >= 4 is 50.9 Å². The molecule has 1 aliphatic rings. The lowest BCUT2D eigenvalue weighted by Gasteiger charge is -2.22. The number of anilines is 2. The molecule has 0 fully saturated rings. The molecule has 0 radical (unpaired) electrons. The van der Waals surface area contributed by atoms with Gasteiger partial charge in [0.05, 0.1) is 17.6 Å². The molecule has 0 saturated carbocycles. The molecular weight excluding hydrogens is 540 g/mol. The zero-order valence-electron chi connectivity index (χ0n) is 24.7. The number of aliphatic hydroxyl groups excluding tert-OH is 1. The summed E-state index contributed by atoms with van der Waals surface area (Å²) in [6, 6.07) is 21.1. The highest BCUT2D eigenvalue weighted by Gasteiger charge is 2.30. The number of nitrogens with one attached hydrogen (secondary N) is 2. The van der Waals surface area contributed by atoms with Crippen LogP contribution in [0.2, 0.25) is 0 Å². The van der Waals surface area contributed by atoms with Crippen LogP contribution in [0.15, 0.2) is 66.7 Å². The Hall–Kier alpha value is -4.95. The molecule has 218 valence electrons. The average Bonchev–Trinajstić information content (AvgIpc) is 3.50. The van der Waals surface area contributed by atoms with E-state index in [1.165, 1.54) is 0 Å². The van der Waals surface area contributed by atoms with Crippen LogP contribution in [0, 0.1) is 19.3 Å². The molecule has 6 rings (SSSR count). The SMILES string of the molecule is Cc1ccc2c(c1)C(=O)N(c1cccc(-c3ccc(C(N)=O)c4[nH]c5cc(NC(=O)C(C)(C)CCO)ccc5c34)c1C)C2. The number of hydrogen-bond acceptors (Lipinski definition) is 4. The number of carbonyl (C=O) groups is 3. The number of fused-ring (bicyclic) bond motifs is 4. The van der Waals surface area contributed by atoms with E-state index in [-0.39, 0.29) is 18.4 Å². The van der Waals surface area contributed by atoms with Gasteiger partial charge in [0.1, 0.15) is 0 Å². The van der Waals surface area contributed by atoms with Gasteiger partial charge >= 0.3 is 0 Å². The van der Waals surface area contributed by atoms with Gasteiger partial charge in [-0.25, -0.2) is 0 Å². The lowest BCUT2D eigenvalue weighted by atomic mass is 9.88. The summed E-state index contributed by atoms with van der Waals surface area (Å²) in [6.45, 7) is 8.00. The third-order valence-corrected chi connectivity index (χ3v) is 8.58. The highest BCUT2D eigenvalue weighted by Crippen LogP contribution is 2.41. The van der Waals surface area contributed by atoms with Gasteiger partial charge in [0.25, 0.3) is 11.8 Å². The standard InChI is InChI=1S/C35H34N4O4/c1-19-8-9-21-18-39(33(42)27(21)16-19)29-7-5-6-23(20(29)2)24-12-13-26(32(36)41)31-30(24)25-11-10-22(17-28(25)38-31)37-34(43)35(3,4)14-15-40/h5-13,16-17,38,40H,14-15,18H2,1-4H3,(H2,36,41)(H,37,43). The van der Waals surface area contributed by atoms with E-state index in [1.54, 1.807) is 19.9 Å². The summed E-state index contributed by atoms with van der Waals surface area (Å²) >= 11 is 0. The molecule has 2 heterocycles. The molecule has 0 atom stereocenters. The molecule has 0 spiro atoms. The number of amides is 3. The summed E-state index contributed by atoms with van der Waals surface area (Å²) < 4.78 is 0. The quantitative estimate of drug-likeness (QED) is 0.184. The van der Waals surface area contributed by atoms with Gasteiger partial charge in [-0.3, -0.25) is 14.4 Å². The Bertz CT molecular complexity index is 1970. The van der Waals surface area contributed by atoms with Gasteiger partial charge in [0.2, 0.25) is 5.91 Å². The Morgan fingerprint density at radius 1 is 1.00 bits per heavy atom. The lowest BCUT2D eigenvalue weighted by Crippen LogP contribution is -2.31. The van der Waals surface area contributed by atoms with Crippen LogP contribution in [0.1, 0.15) is 57.7 Å². The molecule has 3 amide bonds. The zero-order valence-corrected chi connectivity index (χ0v) is 24.7. The summed E-state index contributed by atoms with van der Waals surface area (Å²) in [5, 5.41) is 14.0. The minimum absolute atomic E-state index is 0.0167. The number of aryl methyl sites for hydroxylation is 1. The average molecular weight is 575 g/mol. The third kappa shape index (κ3) is 4.73. The molecule has 43 heavy (non-hydrogen) atoms. The molecule has 8 heteroatoms. The number of aromatic amines is 1. The first-order valence-corrected chi connectivity index (χ1v) is 14.3. The summed E-state index contributed by atoms with van der Waals surface area (Å²) in [4.78, 5) is 44.0. The molecule has 5 aromatic rings. The van der Waals surface area contributed by atoms with Crippen LogP contribution in [0.5, 0.6) is 0 Å². The van der Waals surface area contributed by atoms with Crippen LogP contribution < -0.4 is 16.0 Å². The van der Waals surface area contributed by atoms with E-state index in [1.807, 2.05) is 79.4 Å². The van der Waals surface area contributed by atoms with Crippen LogP contribution in [-0.4, -0.2) is 34.4 Å². The number of aliphatic hydroxyl groups is 1. The van der Waals surface area contributed by atoms with Crippen LogP contribution in [0.3, 0.4) is 0 Å². The number of nitrogens with two attached hydrogens (primary N) is 1. The molecule has 0 saturated heterocycles. The Balaban J connectivity index is 1.47. The second kappa shape index (κ2) is 10.4. The molecule has 1 aromatic heterocycles. The van der Waals surface area contributed by atoms with Crippen molar-refractivity contribution in [2.24, 2.45) is 11.1 Å². The topological polar surface area (TPSA) is 129 Å². The van der Waals surface area contributed by atoms with Crippen molar-refractivity contribution in [3.63, 3.8) is 0 Å². The minimum atomic E-state index is -0.740. The van der Waals surface area contributed by atoms with Gasteiger partial charge < -0.3 is 26.0 Å². The van der Waals surface area contributed by atoms with Crippen LogP contribution in [0.25, 0.3) is 32.9 Å². The Morgan fingerprint density at radius 3 is 2.53 bits per heavy atom. The highest BCUT2D eigenvalue weighted by molar-refractivity contribution is 6.21. The molecule has 0 bridgehead atoms. The van der Waals surface area contributed by atoms with Gasteiger partial charge in [0, 0.05) is 45.2 Å². The molecule has 0 unspecified atom stereocenters. The Labute approximate surface area is 249 Å². The fourth-order valence-corrected chi connectivity index (χ4v) is 6.03. The van der Waals surface area contributed by atoms with Crippen molar-refractivity contribution in [3.8, 4) is 11.1 Å². The second-order valence-electron chi connectivity index (χ2n) is 12.0. The molecule has 0 aliphatic carbocycles. The van der Waals surface area contributed by atoms with Gasteiger partial charge in [-0.1, -0.05) is 55.8 Å². The van der Waals surface area contributed by atoms with Gasteiger partial charge in [-0.05, 0) is 72.9 Å². The zero-order chi connectivity index (χ0) is 30.6. The van der Waals surface area contributed by atoms with Crippen LogP contribution >= 0.6 is 0 Å². The first kappa shape index (κ1) is 28.2. The van der Waals surface area contributed by atoms with E-state index >= 15 is 0 Å². The van der Waals surface area contributed by atoms with Crippen LogP contribution in [0.4, 0.5) is 11.4 Å². The van der Waals surface area contributed by atoms with E-state index in [0.717, 1.165) is 55.4 Å². The lowest BCUT2D eigenvalue weighted by molar-refractivity contribution is -0.124. The van der Waals surface area contributed by atoms with Crippen molar-refractivity contribution in [1.29, 1.82) is 0 Å². The smallest absolute Gasteiger partial charge is 0.258 e. The van der Waals surface area contributed by atoms with E-state index < -0.39 is 11.3 Å². The van der Waals surface area contributed by atoms with E-state index in [0.29, 0.717) is 29.7 Å². The molecule has 1 aliphatic heterocycles.